The smallest absolute Gasteiger partial charge is 0.271 e. The van der Waals surface area contributed by atoms with Crippen molar-refractivity contribution < 1.29 is 4.79 Å². The summed E-state index contributed by atoms with van der Waals surface area (Å²) in [5, 5.41) is 3.14. The molecule has 0 atom stereocenters. The number of hydrogen-bond acceptors (Lipinski definition) is 4. The van der Waals surface area contributed by atoms with Crippen LogP contribution in [0.2, 0.25) is 0 Å². The maximum atomic E-state index is 10.8. The highest BCUT2D eigenvalue weighted by atomic mass is 16.1. The number of nitrogens with zero attached hydrogens (tertiary/aromatic N) is 2. The molecule has 0 aromatic carbocycles. The van der Waals surface area contributed by atoms with Gasteiger partial charge in [-0.3, -0.25) is 4.79 Å². The number of imidazole rings is 1. The molecular formula is C8H15N5O. The van der Waals surface area contributed by atoms with Crippen molar-refractivity contribution in [3.05, 3.63) is 12.0 Å². The molecule has 0 fully saturated rings. The quantitative estimate of drug-likeness (QED) is 0.537. The van der Waals surface area contributed by atoms with Crippen LogP contribution in [-0.2, 0) is 6.54 Å². The highest BCUT2D eigenvalue weighted by Gasteiger charge is 2.11. The standard InChI is InChI=1S/C8H15N5O/c1-2-11-3-4-13-5-12-6(7(13)9)8(10)14/h5,11H,2-4,9H2,1H3,(H2,10,14). The van der Waals surface area contributed by atoms with Crippen LogP contribution in [0.1, 0.15) is 17.4 Å². The van der Waals surface area contributed by atoms with Crippen LogP contribution in [0.25, 0.3) is 0 Å². The van der Waals surface area contributed by atoms with Crippen LogP contribution in [0.3, 0.4) is 0 Å². The topological polar surface area (TPSA) is 99.0 Å². The SMILES string of the molecule is CCNCCn1cnc(C(N)=O)c1N. The number of nitrogens with two attached hydrogens (primary N) is 2. The molecule has 1 amide bonds. The van der Waals surface area contributed by atoms with Gasteiger partial charge in [0.05, 0.1) is 6.33 Å². The number of carbonyl (C=O) groups is 1. The number of nitrogen functional groups attached to an aromatic ring is 1. The van der Waals surface area contributed by atoms with E-state index in [0.29, 0.717) is 12.4 Å². The second-order valence-corrected chi connectivity index (χ2v) is 2.89. The van der Waals surface area contributed by atoms with Gasteiger partial charge in [-0.05, 0) is 6.54 Å². The van der Waals surface area contributed by atoms with E-state index in [1.807, 2.05) is 6.92 Å². The Labute approximate surface area is 82.3 Å². The molecule has 6 nitrogen and oxygen atoms in total. The summed E-state index contributed by atoms with van der Waals surface area (Å²) in [7, 11) is 0. The number of nitrogens with one attached hydrogen (secondary N) is 1. The van der Waals surface area contributed by atoms with Gasteiger partial charge in [0.15, 0.2) is 5.69 Å². The summed E-state index contributed by atoms with van der Waals surface area (Å²) < 4.78 is 1.70. The number of amides is 1. The fraction of sp³-hybridized carbons (Fsp3) is 0.500. The number of rotatable bonds is 5. The van der Waals surface area contributed by atoms with E-state index in [9.17, 15) is 4.79 Å². The van der Waals surface area contributed by atoms with Crippen LogP contribution in [-0.4, -0.2) is 28.5 Å². The first-order valence-electron chi connectivity index (χ1n) is 4.48. The fourth-order valence-electron chi connectivity index (χ4n) is 1.14. The van der Waals surface area contributed by atoms with E-state index in [1.165, 1.54) is 6.33 Å². The number of likely N-dealkylation sites (N-methyl/N-ethyl adjacent to an activating group) is 1. The van der Waals surface area contributed by atoms with E-state index in [2.05, 4.69) is 10.3 Å². The minimum Gasteiger partial charge on any atom is -0.383 e. The summed E-state index contributed by atoms with van der Waals surface area (Å²) in [5.41, 5.74) is 10.9. The zero-order valence-electron chi connectivity index (χ0n) is 8.16. The van der Waals surface area contributed by atoms with E-state index in [4.69, 9.17) is 11.5 Å². The molecule has 0 aliphatic heterocycles. The molecule has 0 bridgehead atoms. The summed E-state index contributed by atoms with van der Waals surface area (Å²) in [4.78, 5) is 14.6. The summed E-state index contributed by atoms with van der Waals surface area (Å²) in [6, 6.07) is 0. The average molecular weight is 197 g/mol. The molecule has 1 rings (SSSR count). The first-order valence-corrected chi connectivity index (χ1v) is 4.48. The molecule has 0 saturated heterocycles. The summed E-state index contributed by atoms with van der Waals surface area (Å²) in [6.45, 7) is 4.39. The lowest BCUT2D eigenvalue weighted by Gasteiger charge is -2.04. The summed E-state index contributed by atoms with van der Waals surface area (Å²) in [6.07, 6.45) is 1.52. The molecule has 14 heavy (non-hydrogen) atoms. The predicted molar refractivity (Wildman–Crippen MR) is 53.7 cm³/mol. The van der Waals surface area contributed by atoms with Gasteiger partial charge in [-0.25, -0.2) is 4.98 Å². The van der Waals surface area contributed by atoms with Gasteiger partial charge in [0.1, 0.15) is 5.82 Å². The maximum Gasteiger partial charge on any atom is 0.271 e. The molecule has 1 heterocycles. The van der Waals surface area contributed by atoms with Gasteiger partial charge >= 0.3 is 0 Å². The van der Waals surface area contributed by atoms with E-state index in [1.54, 1.807) is 4.57 Å². The van der Waals surface area contributed by atoms with Crippen molar-refractivity contribution in [2.24, 2.45) is 5.73 Å². The highest BCUT2D eigenvalue weighted by molar-refractivity contribution is 5.95. The monoisotopic (exact) mass is 197 g/mol. The summed E-state index contributed by atoms with van der Waals surface area (Å²) in [5.74, 6) is -0.264. The van der Waals surface area contributed by atoms with E-state index >= 15 is 0 Å². The Kier molecular flexibility index (Phi) is 3.47. The fourth-order valence-corrected chi connectivity index (χ4v) is 1.14. The maximum absolute atomic E-state index is 10.8. The number of aromatic nitrogens is 2. The minimum absolute atomic E-state index is 0.140. The molecule has 78 valence electrons. The van der Waals surface area contributed by atoms with Gasteiger partial charge in [-0.1, -0.05) is 6.92 Å². The van der Waals surface area contributed by atoms with Gasteiger partial charge in [0, 0.05) is 13.1 Å². The molecule has 0 radical (unpaired) electrons. The number of primary amides is 1. The first-order chi connectivity index (χ1) is 6.66. The second kappa shape index (κ2) is 4.61. The van der Waals surface area contributed by atoms with Gasteiger partial charge in [0.25, 0.3) is 5.91 Å². The molecule has 1 aromatic heterocycles. The molecule has 1 aromatic rings. The Morgan fingerprint density at radius 1 is 1.71 bits per heavy atom. The van der Waals surface area contributed by atoms with E-state index < -0.39 is 5.91 Å². The minimum atomic E-state index is -0.593. The third kappa shape index (κ3) is 2.23. The molecule has 5 N–H and O–H groups in total. The van der Waals surface area contributed by atoms with Crippen LogP contribution >= 0.6 is 0 Å². The Balaban J connectivity index is 2.65. The Morgan fingerprint density at radius 3 is 2.93 bits per heavy atom. The number of hydrogen-bond donors (Lipinski definition) is 3. The highest BCUT2D eigenvalue weighted by Crippen LogP contribution is 2.08. The molecule has 0 aliphatic rings. The van der Waals surface area contributed by atoms with Crippen molar-refractivity contribution in [2.75, 3.05) is 18.8 Å². The molecule has 0 aliphatic carbocycles. The van der Waals surface area contributed by atoms with Gasteiger partial charge in [-0.15, -0.1) is 0 Å². The Hall–Kier alpha value is -1.56. The summed E-state index contributed by atoms with van der Waals surface area (Å²) >= 11 is 0. The van der Waals surface area contributed by atoms with Crippen LogP contribution in [0.15, 0.2) is 6.33 Å². The van der Waals surface area contributed by atoms with Crippen LogP contribution < -0.4 is 16.8 Å². The van der Waals surface area contributed by atoms with E-state index in [-0.39, 0.29) is 5.69 Å². The lowest BCUT2D eigenvalue weighted by atomic mass is 10.4. The van der Waals surface area contributed by atoms with Gasteiger partial charge in [0.2, 0.25) is 0 Å². The van der Waals surface area contributed by atoms with Crippen molar-refractivity contribution in [3.8, 4) is 0 Å². The third-order valence-electron chi connectivity index (χ3n) is 1.89. The van der Waals surface area contributed by atoms with Crippen LogP contribution in [0.4, 0.5) is 5.82 Å². The second-order valence-electron chi connectivity index (χ2n) is 2.89. The molecule has 0 spiro atoms. The van der Waals surface area contributed by atoms with Crippen molar-refractivity contribution in [1.29, 1.82) is 0 Å². The van der Waals surface area contributed by atoms with E-state index in [0.717, 1.165) is 13.1 Å². The van der Waals surface area contributed by atoms with Crippen molar-refractivity contribution >= 4 is 11.7 Å². The normalized spacial score (nSPS) is 10.4. The average Bonchev–Trinajstić information content (AvgIpc) is 2.48. The lowest BCUT2D eigenvalue weighted by Crippen LogP contribution is -2.20. The largest absolute Gasteiger partial charge is 0.383 e. The van der Waals surface area contributed by atoms with Gasteiger partial charge in [-0.2, -0.15) is 0 Å². The van der Waals surface area contributed by atoms with Crippen molar-refractivity contribution in [1.82, 2.24) is 14.9 Å². The molecule has 6 heteroatoms. The molecule has 0 unspecified atom stereocenters. The van der Waals surface area contributed by atoms with Gasteiger partial charge < -0.3 is 21.4 Å². The number of anilines is 1. The number of carbonyl (C=O) groups excluding carboxylic acids is 1. The van der Waals surface area contributed by atoms with Crippen molar-refractivity contribution in [2.45, 2.75) is 13.5 Å². The molecule has 0 saturated carbocycles. The zero-order valence-corrected chi connectivity index (χ0v) is 8.16. The zero-order chi connectivity index (χ0) is 10.6. The van der Waals surface area contributed by atoms with Crippen LogP contribution in [0.5, 0.6) is 0 Å². The Morgan fingerprint density at radius 2 is 2.43 bits per heavy atom. The first kappa shape index (κ1) is 10.5. The lowest BCUT2D eigenvalue weighted by molar-refractivity contribution is 0.0997. The predicted octanol–water partition coefficient (Wildman–Crippen LogP) is -0.826. The van der Waals surface area contributed by atoms with Crippen LogP contribution in [0, 0.1) is 0 Å². The third-order valence-corrected chi connectivity index (χ3v) is 1.89. The van der Waals surface area contributed by atoms with Crippen molar-refractivity contribution in [3.63, 3.8) is 0 Å². The Bertz CT molecular complexity index is 320. The molecular weight excluding hydrogens is 182 g/mol.